The van der Waals surface area contributed by atoms with E-state index < -0.39 is 39.9 Å². The van der Waals surface area contributed by atoms with Gasteiger partial charge in [-0.2, -0.15) is 0 Å². The SMILES string of the molecule is C=C1C(C[C@@H]2O[C@H](CC3COC(C)(C)O3)[C@H](OC)C2CS(=O)(=O)c2ccccc2)O[C@@H](CCC(O)CO)C[C@H]1C. The lowest BCUT2D eigenvalue weighted by atomic mass is 9.83. The molecule has 9 nitrogen and oxygen atoms in total. The first-order valence-electron chi connectivity index (χ1n) is 14.3. The van der Waals surface area contributed by atoms with Crippen molar-refractivity contribution in [2.75, 3.05) is 26.1 Å². The first kappa shape index (κ1) is 31.6. The Morgan fingerprint density at radius 2 is 1.85 bits per heavy atom. The average Bonchev–Trinajstić information content (AvgIpc) is 3.42. The number of methoxy groups -OCH3 is 1. The number of aliphatic hydroxyl groups excluding tert-OH is 2. The van der Waals surface area contributed by atoms with Crippen molar-refractivity contribution in [2.45, 2.75) is 106 Å². The van der Waals surface area contributed by atoms with Crippen molar-refractivity contribution < 1.29 is 42.3 Å². The molecule has 10 heteroatoms. The van der Waals surface area contributed by atoms with Crippen molar-refractivity contribution in [3.63, 3.8) is 0 Å². The summed E-state index contributed by atoms with van der Waals surface area (Å²) in [5, 5.41) is 19.0. The molecule has 9 atom stereocenters. The fourth-order valence-electron chi connectivity index (χ4n) is 6.27. The Hall–Kier alpha value is -1.37. The van der Waals surface area contributed by atoms with E-state index in [4.69, 9.17) is 23.7 Å². The second-order valence-electron chi connectivity index (χ2n) is 12.0. The second kappa shape index (κ2) is 13.3. The third-order valence-electron chi connectivity index (χ3n) is 8.46. The third-order valence-corrected chi connectivity index (χ3v) is 10.3. The molecular weight excluding hydrogens is 536 g/mol. The Kier molecular flexibility index (Phi) is 10.5. The van der Waals surface area contributed by atoms with Gasteiger partial charge in [0.25, 0.3) is 0 Å². The number of hydrogen-bond donors (Lipinski definition) is 2. The van der Waals surface area contributed by atoms with Crippen LogP contribution in [-0.4, -0.2) is 93.2 Å². The molecule has 3 aliphatic rings. The maximum atomic E-state index is 13.5. The minimum absolute atomic E-state index is 0.0973. The van der Waals surface area contributed by atoms with Gasteiger partial charge in [0.05, 0.1) is 66.6 Å². The van der Waals surface area contributed by atoms with Gasteiger partial charge in [-0.3, -0.25) is 0 Å². The summed E-state index contributed by atoms with van der Waals surface area (Å²) in [7, 11) is -2.02. The van der Waals surface area contributed by atoms with E-state index in [0.29, 0.717) is 32.3 Å². The predicted molar refractivity (Wildman–Crippen MR) is 149 cm³/mol. The summed E-state index contributed by atoms with van der Waals surface area (Å²) in [6, 6.07) is 8.47. The maximum Gasteiger partial charge on any atom is 0.178 e. The highest BCUT2D eigenvalue weighted by Crippen LogP contribution is 2.41. The topological polar surface area (TPSA) is 121 Å². The summed E-state index contributed by atoms with van der Waals surface area (Å²) in [5.41, 5.74) is 0.957. The standard InChI is InChI=1S/C30H46O9S/c1-19-13-22(12-11-21(32)16-31)37-26(20(19)2)15-27-25(18-40(33,34)24-9-7-6-8-10-24)29(35-5)28(38-27)14-23-17-36-30(3,4)39-23/h6-10,19,21-23,25-29,31-32H,2,11-18H2,1,3-5H3/t19-,21?,22+,23?,25?,26?,27+,28-,29-/m1/s1. The van der Waals surface area contributed by atoms with Gasteiger partial charge in [0, 0.05) is 25.9 Å². The van der Waals surface area contributed by atoms with E-state index in [-0.39, 0.29) is 47.6 Å². The number of ether oxygens (including phenoxy) is 5. The lowest BCUT2D eigenvalue weighted by Crippen LogP contribution is -2.40. The smallest absolute Gasteiger partial charge is 0.178 e. The van der Waals surface area contributed by atoms with Crippen LogP contribution >= 0.6 is 0 Å². The van der Waals surface area contributed by atoms with Crippen molar-refractivity contribution in [3.8, 4) is 0 Å². The molecule has 1 aromatic carbocycles. The number of hydrogen-bond acceptors (Lipinski definition) is 9. The fourth-order valence-corrected chi connectivity index (χ4v) is 7.94. The molecule has 1 aromatic rings. The van der Waals surface area contributed by atoms with E-state index in [1.54, 1.807) is 37.4 Å². The quantitative estimate of drug-likeness (QED) is 0.358. The monoisotopic (exact) mass is 582 g/mol. The van der Waals surface area contributed by atoms with Gasteiger partial charge in [0.1, 0.15) is 0 Å². The van der Waals surface area contributed by atoms with E-state index in [0.717, 1.165) is 12.0 Å². The third kappa shape index (κ3) is 7.72. The predicted octanol–water partition coefficient (Wildman–Crippen LogP) is 3.27. The number of sulfone groups is 1. The molecule has 0 aromatic heterocycles. The minimum atomic E-state index is -3.62. The summed E-state index contributed by atoms with van der Waals surface area (Å²) >= 11 is 0. The van der Waals surface area contributed by atoms with Gasteiger partial charge in [-0.1, -0.05) is 31.7 Å². The Labute approximate surface area is 238 Å². The number of benzene rings is 1. The Morgan fingerprint density at radius 3 is 2.48 bits per heavy atom. The number of rotatable bonds is 12. The summed E-state index contributed by atoms with van der Waals surface area (Å²) in [4.78, 5) is 0.274. The van der Waals surface area contributed by atoms with Crippen molar-refractivity contribution in [1.82, 2.24) is 0 Å². The molecule has 4 rings (SSSR count). The van der Waals surface area contributed by atoms with Crippen LogP contribution in [0.1, 0.15) is 52.9 Å². The van der Waals surface area contributed by atoms with Crippen LogP contribution in [0.3, 0.4) is 0 Å². The molecule has 0 amide bonds. The first-order valence-corrected chi connectivity index (χ1v) is 16.0. The molecule has 3 aliphatic heterocycles. The fraction of sp³-hybridized carbons (Fsp3) is 0.733. The van der Waals surface area contributed by atoms with Gasteiger partial charge in [0.2, 0.25) is 0 Å². The van der Waals surface area contributed by atoms with E-state index >= 15 is 0 Å². The van der Waals surface area contributed by atoms with Crippen molar-refractivity contribution >= 4 is 9.84 Å². The molecule has 3 heterocycles. The highest BCUT2D eigenvalue weighted by molar-refractivity contribution is 7.91. The molecule has 3 saturated heterocycles. The molecule has 3 fully saturated rings. The van der Waals surface area contributed by atoms with Gasteiger partial charge < -0.3 is 33.9 Å². The van der Waals surface area contributed by atoms with Crippen LogP contribution in [0.2, 0.25) is 0 Å². The summed E-state index contributed by atoms with van der Waals surface area (Å²) in [6.07, 6.45) is 0.138. The molecular formula is C30H46O9S. The van der Waals surface area contributed by atoms with Crippen LogP contribution in [0.15, 0.2) is 47.4 Å². The Balaban J connectivity index is 1.54. The largest absolute Gasteiger partial charge is 0.394 e. The van der Waals surface area contributed by atoms with Gasteiger partial charge in [-0.25, -0.2) is 8.42 Å². The normalized spacial score (nSPS) is 35.2. The Bertz CT molecular complexity index is 1080. The van der Waals surface area contributed by atoms with Crippen LogP contribution in [0.4, 0.5) is 0 Å². The van der Waals surface area contributed by atoms with Gasteiger partial charge in [0.15, 0.2) is 15.6 Å². The highest BCUT2D eigenvalue weighted by atomic mass is 32.2. The van der Waals surface area contributed by atoms with E-state index in [1.165, 1.54) is 0 Å². The molecule has 0 saturated carbocycles. The summed E-state index contributed by atoms with van der Waals surface area (Å²) in [5.74, 6) is -1.03. The molecule has 4 unspecified atom stereocenters. The van der Waals surface area contributed by atoms with Crippen LogP contribution in [0, 0.1) is 11.8 Å². The molecule has 40 heavy (non-hydrogen) atoms. The second-order valence-corrected chi connectivity index (χ2v) is 14.0. The highest BCUT2D eigenvalue weighted by Gasteiger charge is 2.50. The Morgan fingerprint density at radius 1 is 1.12 bits per heavy atom. The van der Waals surface area contributed by atoms with Crippen molar-refractivity contribution in [3.05, 3.63) is 42.5 Å². The van der Waals surface area contributed by atoms with Crippen molar-refractivity contribution in [2.24, 2.45) is 11.8 Å². The molecule has 226 valence electrons. The van der Waals surface area contributed by atoms with Gasteiger partial charge in [-0.05, 0) is 56.7 Å². The summed E-state index contributed by atoms with van der Waals surface area (Å²) < 4.78 is 57.8. The van der Waals surface area contributed by atoms with Crippen LogP contribution < -0.4 is 0 Å². The molecule has 2 N–H and O–H groups in total. The van der Waals surface area contributed by atoms with Crippen molar-refractivity contribution in [1.29, 1.82) is 0 Å². The van der Waals surface area contributed by atoms with Crippen LogP contribution in [0.25, 0.3) is 0 Å². The number of aliphatic hydroxyl groups is 2. The van der Waals surface area contributed by atoms with Crippen LogP contribution in [0.5, 0.6) is 0 Å². The molecule has 0 bridgehead atoms. The molecule has 0 radical (unpaired) electrons. The lowest BCUT2D eigenvalue weighted by molar-refractivity contribution is -0.144. The average molecular weight is 583 g/mol. The first-order chi connectivity index (χ1) is 18.9. The zero-order valence-corrected chi connectivity index (χ0v) is 24.9. The molecule has 0 spiro atoms. The van der Waals surface area contributed by atoms with Crippen LogP contribution in [-0.2, 0) is 33.5 Å². The van der Waals surface area contributed by atoms with E-state index in [2.05, 4.69) is 13.5 Å². The van der Waals surface area contributed by atoms with Gasteiger partial charge >= 0.3 is 0 Å². The van der Waals surface area contributed by atoms with E-state index in [1.807, 2.05) is 13.8 Å². The lowest BCUT2D eigenvalue weighted by Gasteiger charge is -2.38. The minimum Gasteiger partial charge on any atom is -0.394 e. The van der Waals surface area contributed by atoms with E-state index in [9.17, 15) is 18.6 Å². The molecule has 0 aliphatic carbocycles. The zero-order valence-electron chi connectivity index (χ0n) is 24.1. The maximum absolute atomic E-state index is 13.5. The summed E-state index contributed by atoms with van der Waals surface area (Å²) in [6.45, 7) is 10.3. The zero-order chi connectivity index (χ0) is 29.1. The van der Waals surface area contributed by atoms with Gasteiger partial charge in [-0.15, -0.1) is 0 Å².